The van der Waals surface area contributed by atoms with Crippen LogP contribution in [-0.2, 0) is 12.7 Å². The number of carbonyl (C=O) groups excluding carboxylic acids is 1. The van der Waals surface area contributed by atoms with Gasteiger partial charge in [0, 0.05) is 18.0 Å². The highest BCUT2D eigenvalue weighted by atomic mass is 32.1. The number of benzene rings is 1. The number of hydrogen-bond acceptors (Lipinski definition) is 5. The Balaban J connectivity index is 1.37. The molecule has 1 aromatic carbocycles. The first kappa shape index (κ1) is 21.8. The fraction of sp³-hybridized carbons (Fsp3) is 0.130. The zero-order valence-electron chi connectivity index (χ0n) is 17.7. The van der Waals surface area contributed by atoms with Crippen molar-refractivity contribution < 1.29 is 18.0 Å². The number of amides is 1. The van der Waals surface area contributed by atoms with E-state index in [4.69, 9.17) is 0 Å². The van der Waals surface area contributed by atoms with Crippen LogP contribution in [0.25, 0.3) is 16.2 Å². The van der Waals surface area contributed by atoms with Crippen molar-refractivity contribution >= 4 is 28.7 Å². The van der Waals surface area contributed by atoms with Gasteiger partial charge in [0.25, 0.3) is 5.91 Å². The maximum absolute atomic E-state index is 13.0. The van der Waals surface area contributed by atoms with Gasteiger partial charge in [0.1, 0.15) is 5.56 Å². The van der Waals surface area contributed by atoms with Crippen molar-refractivity contribution in [3.63, 3.8) is 0 Å². The predicted molar refractivity (Wildman–Crippen MR) is 122 cm³/mol. The molecule has 34 heavy (non-hydrogen) atoms. The van der Waals surface area contributed by atoms with E-state index in [0.29, 0.717) is 16.9 Å². The van der Waals surface area contributed by atoms with Gasteiger partial charge in [0.15, 0.2) is 11.5 Å². The number of anilines is 1. The molecular weight excluding hydrogens is 465 g/mol. The third kappa shape index (κ3) is 4.17. The van der Waals surface area contributed by atoms with E-state index in [2.05, 4.69) is 20.5 Å². The van der Waals surface area contributed by atoms with Gasteiger partial charge in [-0.05, 0) is 42.1 Å². The molecule has 0 aliphatic carbocycles. The summed E-state index contributed by atoms with van der Waals surface area (Å²) < 4.78 is 42.2. The second-order valence-electron chi connectivity index (χ2n) is 7.58. The molecule has 0 unspecified atom stereocenters. The van der Waals surface area contributed by atoms with Crippen molar-refractivity contribution in [2.45, 2.75) is 19.6 Å². The van der Waals surface area contributed by atoms with Gasteiger partial charge in [0.05, 0.1) is 28.9 Å². The number of rotatable bonds is 5. The molecule has 0 atom stereocenters. The Hall–Kier alpha value is -3.99. The molecule has 0 bridgehead atoms. The van der Waals surface area contributed by atoms with Gasteiger partial charge in [-0.2, -0.15) is 23.4 Å². The van der Waals surface area contributed by atoms with Crippen molar-refractivity contribution in [1.82, 2.24) is 24.4 Å². The molecule has 7 nitrogen and oxygen atoms in total. The van der Waals surface area contributed by atoms with E-state index in [9.17, 15) is 18.0 Å². The summed E-state index contributed by atoms with van der Waals surface area (Å²) in [6.45, 7) is 1.90. The van der Waals surface area contributed by atoms with Crippen molar-refractivity contribution in [2.24, 2.45) is 0 Å². The highest BCUT2D eigenvalue weighted by Gasteiger charge is 2.30. The van der Waals surface area contributed by atoms with Crippen molar-refractivity contribution in [3.8, 4) is 10.6 Å². The van der Waals surface area contributed by atoms with Crippen LogP contribution < -0.4 is 5.32 Å². The summed E-state index contributed by atoms with van der Waals surface area (Å²) in [5, 5.41) is 13.4. The molecule has 0 fully saturated rings. The Morgan fingerprint density at radius 3 is 2.76 bits per heavy atom. The summed E-state index contributed by atoms with van der Waals surface area (Å²) >= 11 is 1.55. The number of aryl methyl sites for hydroxylation is 1. The lowest BCUT2D eigenvalue weighted by atomic mass is 10.1. The van der Waals surface area contributed by atoms with Crippen LogP contribution in [-0.4, -0.2) is 30.3 Å². The van der Waals surface area contributed by atoms with Gasteiger partial charge in [-0.15, -0.1) is 11.3 Å². The number of carbonyl (C=O) groups is 1. The molecule has 0 aliphatic rings. The second kappa shape index (κ2) is 8.41. The molecular formula is C23H17F3N6OS. The molecule has 1 N–H and O–H groups in total. The van der Waals surface area contributed by atoms with Crippen molar-refractivity contribution in [1.29, 1.82) is 0 Å². The molecule has 0 aliphatic heterocycles. The SMILES string of the molecule is Cc1cc(NC(=O)c2cnn3c(-c4cccs4)ccnc23)nn1Cc1cccc(C(F)(F)F)c1. The van der Waals surface area contributed by atoms with E-state index >= 15 is 0 Å². The van der Waals surface area contributed by atoms with Gasteiger partial charge in [-0.1, -0.05) is 18.2 Å². The smallest absolute Gasteiger partial charge is 0.305 e. The predicted octanol–water partition coefficient (Wildman–Crippen LogP) is 5.28. The summed E-state index contributed by atoms with van der Waals surface area (Å²) in [4.78, 5) is 18.2. The quantitative estimate of drug-likeness (QED) is 0.370. The molecule has 5 rings (SSSR count). The summed E-state index contributed by atoms with van der Waals surface area (Å²) in [6, 6.07) is 12.5. The molecule has 0 saturated heterocycles. The fourth-order valence-electron chi connectivity index (χ4n) is 3.60. The Bertz CT molecular complexity index is 1490. The Morgan fingerprint density at radius 2 is 2.00 bits per heavy atom. The average Bonchev–Trinajstić information content (AvgIpc) is 3.54. The first-order valence-electron chi connectivity index (χ1n) is 10.2. The minimum absolute atomic E-state index is 0.133. The van der Waals surface area contributed by atoms with Crippen LogP contribution in [0.3, 0.4) is 0 Å². The molecule has 1 amide bonds. The molecule has 0 radical (unpaired) electrons. The molecule has 0 spiro atoms. The number of thiophene rings is 1. The first-order chi connectivity index (χ1) is 16.3. The van der Waals surface area contributed by atoms with Gasteiger partial charge >= 0.3 is 6.18 Å². The van der Waals surface area contributed by atoms with E-state index in [0.717, 1.165) is 22.7 Å². The zero-order chi connectivity index (χ0) is 23.9. The van der Waals surface area contributed by atoms with Crippen LogP contribution in [0.5, 0.6) is 0 Å². The van der Waals surface area contributed by atoms with Crippen LogP contribution in [0.2, 0.25) is 0 Å². The summed E-state index contributed by atoms with van der Waals surface area (Å²) in [6.07, 6.45) is -1.35. The molecule has 4 heterocycles. The highest BCUT2D eigenvalue weighted by molar-refractivity contribution is 7.13. The number of fused-ring (bicyclic) bond motifs is 1. The van der Waals surface area contributed by atoms with E-state index in [1.807, 2.05) is 23.6 Å². The van der Waals surface area contributed by atoms with Gasteiger partial charge in [-0.25, -0.2) is 9.50 Å². The Morgan fingerprint density at radius 1 is 1.15 bits per heavy atom. The lowest BCUT2D eigenvalue weighted by Crippen LogP contribution is -2.13. The zero-order valence-corrected chi connectivity index (χ0v) is 18.6. The largest absolute Gasteiger partial charge is 0.416 e. The highest BCUT2D eigenvalue weighted by Crippen LogP contribution is 2.30. The lowest BCUT2D eigenvalue weighted by Gasteiger charge is -2.09. The monoisotopic (exact) mass is 482 g/mol. The molecule has 172 valence electrons. The maximum atomic E-state index is 13.0. The van der Waals surface area contributed by atoms with Crippen molar-refractivity contribution in [2.75, 3.05) is 5.32 Å². The van der Waals surface area contributed by atoms with E-state index in [-0.39, 0.29) is 17.9 Å². The number of nitrogens with one attached hydrogen (secondary N) is 1. The van der Waals surface area contributed by atoms with E-state index in [1.165, 1.54) is 16.9 Å². The topological polar surface area (TPSA) is 77.1 Å². The van der Waals surface area contributed by atoms with E-state index < -0.39 is 17.6 Å². The second-order valence-corrected chi connectivity index (χ2v) is 8.53. The third-order valence-electron chi connectivity index (χ3n) is 5.23. The lowest BCUT2D eigenvalue weighted by molar-refractivity contribution is -0.137. The maximum Gasteiger partial charge on any atom is 0.416 e. The van der Waals surface area contributed by atoms with E-state index in [1.54, 1.807) is 41.1 Å². The third-order valence-corrected chi connectivity index (χ3v) is 6.12. The Kier molecular flexibility index (Phi) is 5.40. The average molecular weight is 482 g/mol. The number of hydrogen-bond donors (Lipinski definition) is 1. The summed E-state index contributed by atoms with van der Waals surface area (Å²) in [5.74, 6) is -0.155. The standard InChI is InChI=1S/C23H17F3N6OS/c1-14-10-20(30-31(14)13-15-4-2-5-16(11-15)23(24,25)26)29-22(33)17-12-28-32-18(7-8-27-21(17)32)19-6-3-9-34-19/h2-12H,13H2,1H3,(H,29,30,33). The fourth-order valence-corrected chi connectivity index (χ4v) is 4.33. The molecule has 0 saturated carbocycles. The van der Waals surface area contributed by atoms with Crippen molar-refractivity contribution in [3.05, 3.63) is 88.7 Å². The number of halogens is 3. The minimum Gasteiger partial charge on any atom is -0.305 e. The number of nitrogens with zero attached hydrogens (tertiary/aromatic N) is 5. The van der Waals surface area contributed by atoms with Crippen LogP contribution in [0.15, 0.2) is 66.3 Å². The van der Waals surface area contributed by atoms with Crippen LogP contribution in [0.4, 0.5) is 19.0 Å². The van der Waals surface area contributed by atoms with Gasteiger partial charge in [0.2, 0.25) is 0 Å². The summed E-state index contributed by atoms with van der Waals surface area (Å²) in [7, 11) is 0. The molecule has 11 heteroatoms. The summed E-state index contributed by atoms with van der Waals surface area (Å²) in [5.41, 5.74) is 1.93. The Labute approximate surface area is 195 Å². The molecule has 5 aromatic rings. The van der Waals surface area contributed by atoms with Crippen LogP contribution in [0.1, 0.15) is 27.2 Å². The number of alkyl halides is 3. The minimum atomic E-state index is -4.42. The van der Waals surface area contributed by atoms with Crippen LogP contribution >= 0.6 is 11.3 Å². The molecule has 4 aromatic heterocycles. The van der Waals surface area contributed by atoms with Gasteiger partial charge < -0.3 is 5.32 Å². The van der Waals surface area contributed by atoms with Crippen LogP contribution in [0, 0.1) is 6.92 Å². The first-order valence-corrected chi connectivity index (χ1v) is 11.1. The number of aromatic nitrogens is 5. The normalized spacial score (nSPS) is 11.8. The van der Waals surface area contributed by atoms with Gasteiger partial charge in [-0.3, -0.25) is 9.48 Å².